The lowest BCUT2D eigenvalue weighted by Crippen LogP contribution is -2.34. The molecule has 0 aromatic carbocycles. The van der Waals surface area contributed by atoms with Crippen LogP contribution in [0.25, 0.3) is 0 Å². The van der Waals surface area contributed by atoms with Gasteiger partial charge in [-0.1, -0.05) is 0 Å². The molecule has 2 aromatic heterocycles. The van der Waals surface area contributed by atoms with E-state index in [-0.39, 0.29) is 0 Å². The van der Waals surface area contributed by atoms with Gasteiger partial charge in [-0.25, -0.2) is 4.98 Å². The second-order valence-corrected chi connectivity index (χ2v) is 4.61. The number of fused-ring (bicyclic) bond motifs is 1. The molecule has 0 saturated carbocycles. The van der Waals surface area contributed by atoms with Crippen LogP contribution in [0.3, 0.4) is 0 Å². The van der Waals surface area contributed by atoms with Crippen LogP contribution in [0.2, 0.25) is 0 Å². The number of nitrogens with zero attached hydrogens (tertiary/aromatic N) is 4. The Balaban J connectivity index is 1.81. The van der Waals surface area contributed by atoms with E-state index in [0.717, 1.165) is 18.0 Å². The highest BCUT2D eigenvalue weighted by atomic mass is 19.4. The van der Waals surface area contributed by atoms with Gasteiger partial charge < -0.3 is 10.6 Å². The second-order valence-electron chi connectivity index (χ2n) is 4.61. The number of halogens is 3. The Morgan fingerprint density at radius 2 is 2.00 bits per heavy atom. The van der Waals surface area contributed by atoms with Crippen LogP contribution in [0, 0.1) is 0 Å². The van der Waals surface area contributed by atoms with Crippen molar-refractivity contribution in [2.45, 2.75) is 19.3 Å². The van der Waals surface area contributed by atoms with Crippen molar-refractivity contribution in [3.63, 3.8) is 0 Å². The molecule has 3 rings (SSSR count). The van der Waals surface area contributed by atoms with Crippen LogP contribution >= 0.6 is 0 Å². The molecule has 0 bridgehead atoms. The zero-order chi connectivity index (χ0) is 14.3. The topological polar surface area (TPSA) is 60.0 Å². The van der Waals surface area contributed by atoms with Gasteiger partial charge in [0.15, 0.2) is 0 Å². The molecule has 0 fully saturated rings. The first-order valence-electron chi connectivity index (χ1n) is 6.04. The van der Waals surface area contributed by atoms with Gasteiger partial charge in [0.1, 0.15) is 11.6 Å². The fourth-order valence-corrected chi connectivity index (χ4v) is 2.22. The molecule has 3 heterocycles. The molecule has 2 aromatic rings. The molecule has 8 heteroatoms. The molecule has 5 nitrogen and oxygen atoms in total. The summed E-state index contributed by atoms with van der Waals surface area (Å²) in [5, 5.41) is 4.12. The molecule has 0 unspecified atom stereocenters. The van der Waals surface area contributed by atoms with Gasteiger partial charge in [-0.15, -0.1) is 0 Å². The smallest absolute Gasteiger partial charge is 0.382 e. The van der Waals surface area contributed by atoms with Crippen molar-refractivity contribution in [2.24, 2.45) is 0 Å². The van der Waals surface area contributed by atoms with E-state index in [1.807, 2.05) is 4.90 Å². The first-order chi connectivity index (χ1) is 9.43. The van der Waals surface area contributed by atoms with Crippen LogP contribution in [-0.2, 0) is 19.3 Å². The first kappa shape index (κ1) is 12.8. The fraction of sp³-hybridized carbons (Fsp3) is 0.333. The number of hydrogen-bond donors (Lipinski definition) is 1. The van der Waals surface area contributed by atoms with E-state index >= 15 is 0 Å². The maximum absolute atomic E-state index is 12.5. The Bertz CT molecular complexity index is 617. The van der Waals surface area contributed by atoms with E-state index in [9.17, 15) is 13.2 Å². The molecule has 0 aliphatic carbocycles. The lowest BCUT2D eigenvalue weighted by Gasteiger charge is -2.28. The summed E-state index contributed by atoms with van der Waals surface area (Å²) >= 11 is 0. The number of anilines is 2. The second kappa shape index (κ2) is 4.39. The molecule has 0 saturated heterocycles. The maximum atomic E-state index is 12.5. The lowest BCUT2D eigenvalue weighted by molar-refractivity contribution is -0.137. The molecule has 0 radical (unpaired) electrons. The molecule has 1 aliphatic heterocycles. The number of hydrogen-bond acceptors (Lipinski definition) is 4. The van der Waals surface area contributed by atoms with Crippen LogP contribution < -0.4 is 10.6 Å². The predicted octanol–water partition coefficient (Wildman–Crippen LogP) is 1.90. The summed E-state index contributed by atoms with van der Waals surface area (Å²) in [5.74, 6) is 0.964. The van der Waals surface area contributed by atoms with Crippen LogP contribution in [0.4, 0.5) is 24.8 Å². The predicted molar refractivity (Wildman–Crippen MR) is 66.9 cm³/mol. The highest BCUT2D eigenvalue weighted by Crippen LogP contribution is 2.30. The summed E-state index contributed by atoms with van der Waals surface area (Å²) in [6.45, 7) is 1.80. The summed E-state index contributed by atoms with van der Waals surface area (Å²) in [5.41, 5.74) is 5.80. The number of nitrogen functional groups attached to an aromatic ring is 1. The minimum absolute atomic E-state index is 0.447. The van der Waals surface area contributed by atoms with Gasteiger partial charge in [-0.2, -0.15) is 18.3 Å². The zero-order valence-corrected chi connectivity index (χ0v) is 10.4. The Morgan fingerprint density at radius 1 is 1.20 bits per heavy atom. The van der Waals surface area contributed by atoms with Crippen LogP contribution in [-0.4, -0.2) is 21.3 Å². The van der Waals surface area contributed by atoms with Crippen LogP contribution in [0.15, 0.2) is 24.4 Å². The van der Waals surface area contributed by atoms with Gasteiger partial charge >= 0.3 is 6.18 Å². The third-order valence-electron chi connectivity index (χ3n) is 3.22. The number of aromatic nitrogens is 3. The molecular weight excluding hydrogens is 271 g/mol. The number of pyridine rings is 1. The van der Waals surface area contributed by atoms with Gasteiger partial charge in [-0.3, -0.25) is 4.68 Å². The van der Waals surface area contributed by atoms with Crippen molar-refractivity contribution in [3.05, 3.63) is 35.7 Å². The number of alkyl halides is 3. The number of rotatable bonds is 1. The Morgan fingerprint density at radius 3 is 2.65 bits per heavy atom. The normalized spacial score (nSPS) is 15.2. The molecule has 0 spiro atoms. The fourth-order valence-electron chi connectivity index (χ4n) is 2.22. The van der Waals surface area contributed by atoms with E-state index in [1.165, 1.54) is 6.07 Å². The van der Waals surface area contributed by atoms with Crippen molar-refractivity contribution in [3.8, 4) is 0 Å². The lowest BCUT2D eigenvalue weighted by atomic mass is 10.2. The minimum Gasteiger partial charge on any atom is -0.382 e. The molecule has 2 N–H and O–H groups in total. The van der Waals surface area contributed by atoms with Crippen molar-refractivity contribution >= 4 is 11.6 Å². The van der Waals surface area contributed by atoms with Gasteiger partial charge in [0.05, 0.1) is 24.3 Å². The average Bonchev–Trinajstić information content (AvgIpc) is 2.77. The van der Waals surface area contributed by atoms with Gasteiger partial charge in [0.25, 0.3) is 0 Å². The summed E-state index contributed by atoms with van der Waals surface area (Å²) in [6, 6.07) is 4.19. The van der Waals surface area contributed by atoms with Crippen molar-refractivity contribution < 1.29 is 13.2 Å². The maximum Gasteiger partial charge on any atom is 0.417 e. The van der Waals surface area contributed by atoms with Crippen molar-refractivity contribution in [1.82, 2.24) is 14.8 Å². The SMILES string of the molecule is Nc1cc2n(n1)CCN(c1ccc(C(F)(F)F)cn1)C2. The van der Waals surface area contributed by atoms with E-state index in [4.69, 9.17) is 5.73 Å². The summed E-state index contributed by atoms with van der Waals surface area (Å²) in [4.78, 5) is 5.79. The van der Waals surface area contributed by atoms with E-state index in [2.05, 4.69) is 10.1 Å². The molecule has 1 aliphatic rings. The van der Waals surface area contributed by atoms with Crippen LogP contribution in [0.5, 0.6) is 0 Å². The van der Waals surface area contributed by atoms with E-state index in [1.54, 1.807) is 10.7 Å². The van der Waals surface area contributed by atoms with Crippen LogP contribution in [0.1, 0.15) is 11.3 Å². The zero-order valence-electron chi connectivity index (χ0n) is 10.4. The molecule has 106 valence electrons. The quantitative estimate of drug-likeness (QED) is 0.868. The Kier molecular flexibility index (Phi) is 2.81. The van der Waals surface area contributed by atoms with Gasteiger partial charge in [0.2, 0.25) is 0 Å². The molecular formula is C12H12F3N5. The standard InChI is InChI=1S/C12H12F3N5/c13-12(14,15)8-1-2-11(17-6-8)19-3-4-20-9(7-19)5-10(16)18-20/h1-2,5-6H,3-4,7H2,(H2,16,18). The van der Waals surface area contributed by atoms with E-state index < -0.39 is 11.7 Å². The number of nitrogens with two attached hydrogens (primary N) is 1. The van der Waals surface area contributed by atoms with Crippen molar-refractivity contribution in [2.75, 3.05) is 17.2 Å². The monoisotopic (exact) mass is 283 g/mol. The third kappa shape index (κ3) is 2.28. The molecule has 0 atom stereocenters. The van der Waals surface area contributed by atoms with Gasteiger partial charge in [-0.05, 0) is 12.1 Å². The van der Waals surface area contributed by atoms with E-state index in [0.29, 0.717) is 31.3 Å². The highest BCUT2D eigenvalue weighted by Gasteiger charge is 2.31. The summed E-state index contributed by atoms with van der Waals surface area (Å²) < 4.78 is 39.2. The largest absolute Gasteiger partial charge is 0.417 e. The summed E-state index contributed by atoms with van der Waals surface area (Å²) in [7, 11) is 0. The van der Waals surface area contributed by atoms with Crippen molar-refractivity contribution in [1.29, 1.82) is 0 Å². The van der Waals surface area contributed by atoms with Gasteiger partial charge in [0, 0.05) is 18.8 Å². The summed E-state index contributed by atoms with van der Waals surface area (Å²) in [6.07, 6.45) is -3.50. The average molecular weight is 283 g/mol. The molecule has 0 amide bonds. The molecule has 20 heavy (non-hydrogen) atoms. The third-order valence-corrected chi connectivity index (χ3v) is 3.22. The Labute approximate surface area is 112 Å². The minimum atomic E-state index is -4.36. The Hall–Kier alpha value is -2.25. The first-order valence-corrected chi connectivity index (χ1v) is 6.04. The highest BCUT2D eigenvalue weighted by molar-refractivity contribution is 5.42.